The van der Waals surface area contributed by atoms with Gasteiger partial charge < -0.3 is 0 Å². The second-order valence-corrected chi connectivity index (χ2v) is 5.12. The molecule has 1 atom stereocenters. The summed E-state index contributed by atoms with van der Waals surface area (Å²) >= 11 is 0. The quantitative estimate of drug-likeness (QED) is 0.782. The molecule has 0 radical (unpaired) electrons. The van der Waals surface area contributed by atoms with Crippen molar-refractivity contribution in [3.05, 3.63) is 42.1 Å². The minimum atomic E-state index is 0.845. The first-order chi connectivity index (χ1) is 8.33. The molecule has 1 aromatic heterocycles. The highest BCUT2D eigenvalue weighted by molar-refractivity contribution is 5.81. The normalized spacial score (nSPS) is 21.1. The number of rotatable bonds is 2. The lowest BCUT2D eigenvalue weighted by molar-refractivity contribution is 0.321. The van der Waals surface area contributed by atoms with Gasteiger partial charge in [-0.1, -0.05) is 31.2 Å². The van der Waals surface area contributed by atoms with E-state index in [9.17, 15) is 0 Å². The first-order valence-electron chi connectivity index (χ1n) is 6.38. The summed E-state index contributed by atoms with van der Waals surface area (Å²) in [7, 11) is 0. The van der Waals surface area contributed by atoms with Crippen molar-refractivity contribution in [1.82, 2.24) is 9.88 Å². The zero-order valence-corrected chi connectivity index (χ0v) is 10.3. The highest BCUT2D eigenvalue weighted by Gasteiger charge is 2.19. The van der Waals surface area contributed by atoms with E-state index in [1.165, 1.54) is 30.5 Å². The molecule has 2 heterocycles. The molecule has 0 amide bonds. The third kappa shape index (κ3) is 2.18. The van der Waals surface area contributed by atoms with Gasteiger partial charge in [-0.2, -0.15) is 0 Å². The van der Waals surface area contributed by atoms with Crippen LogP contribution >= 0.6 is 0 Å². The molecule has 2 heteroatoms. The van der Waals surface area contributed by atoms with Crippen LogP contribution in [0.15, 0.2) is 36.5 Å². The zero-order chi connectivity index (χ0) is 11.7. The molecule has 17 heavy (non-hydrogen) atoms. The van der Waals surface area contributed by atoms with Crippen molar-refractivity contribution in [2.75, 3.05) is 13.1 Å². The number of fused-ring (bicyclic) bond motifs is 1. The van der Waals surface area contributed by atoms with Gasteiger partial charge in [-0.3, -0.25) is 9.88 Å². The van der Waals surface area contributed by atoms with Gasteiger partial charge in [-0.25, -0.2) is 0 Å². The number of likely N-dealkylation sites (tertiary alicyclic amines) is 1. The molecule has 1 aliphatic rings. The number of hydrogen-bond acceptors (Lipinski definition) is 2. The van der Waals surface area contributed by atoms with Crippen LogP contribution in [0.5, 0.6) is 0 Å². The summed E-state index contributed by atoms with van der Waals surface area (Å²) in [4.78, 5) is 7.05. The van der Waals surface area contributed by atoms with Crippen LogP contribution < -0.4 is 0 Å². The Bertz CT molecular complexity index is 516. The summed E-state index contributed by atoms with van der Waals surface area (Å²) in [6, 6.07) is 10.6. The Morgan fingerprint density at radius 3 is 3.00 bits per heavy atom. The predicted octanol–water partition coefficient (Wildman–Crippen LogP) is 3.08. The molecular formula is C15H18N2. The smallest absolute Gasteiger partial charge is 0.0746 e. The summed E-state index contributed by atoms with van der Waals surface area (Å²) in [5.74, 6) is 0.845. The van der Waals surface area contributed by atoms with E-state index >= 15 is 0 Å². The second kappa shape index (κ2) is 4.46. The highest BCUT2D eigenvalue weighted by Crippen LogP contribution is 2.21. The lowest BCUT2D eigenvalue weighted by atomic mass is 10.1. The molecule has 0 N–H and O–H groups in total. The van der Waals surface area contributed by atoms with Crippen LogP contribution in [0, 0.1) is 5.92 Å². The minimum absolute atomic E-state index is 0.845. The number of benzene rings is 1. The van der Waals surface area contributed by atoms with Crippen molar-refractivity contribution >= 4 is 10.9 Å². The molecule has 1 aliphatic heterocycles. The van der Waals surface area contributed by atoms with Crippen LogP contribution in [-0.4, -0.2) is 23.0 Å². The van der Waals surface area contributed by atoms with Crippen LogP contribution in [0.1, 0.15) is 18.9 Å². The monoisotopic (exact) mass is 226 g/mol. The molecule has 0 bridgehead atoms. The van der Waals surface area contributed by atoms with Crippen LogP contribution in [-0.2, 0) is 6.54 Å². The molecular weight excluding hydrogens is 208 g/mol. The Morgan fingerprint density at radius 1 is 1.29 bits per heavy atom. The fraction of sp³-hybridized carbons (Fsp3) is 0.400. The van der Waals surface area contributed by atoms with Crippen LogP contribution in [0.3, 0.4) is 0 Å². The van der Waals surface area contributed by atoms with Gasteiger partial charge in [0.05, 0.1) is 5.52 Å². The molecule has 3 rings (SSSR count). The maximum absolute atomic E-state index is 4.52. The van der Waals surface area contributed by atoms with E-state index in [0.717, 1.165) is 18.0 Å². The van der Waals surface area contributed by atoms with Crippen LogP contribution in [0.2, 0.25) is 0 Å². The van der Waals surface area contributed by atoms with E-state index in [2.05, 4.69) is 41.1 Å². The third-order valence-electron chi connectivity index (χ3n) is 3.62. The number of hydrogen-bond donors (Lipinski definition) is 0. The molecule has 0 spiro atoms. The van der Waals surface area contributed by atoms with Crippen molar-refractivity contribution in [2.45, 2.75) is 19.9 Å². The molecule has 0 aliphatic carbocycles. The number of pyridine rings is 1. The topological polar surface area (TPSA) is 16.1 Å². The Balaban J connectivity index is 1.90. The Labute approximate surface area is 102 Å². The van der Waals surface area contributed by atoms with Gasteiger partial charge in [-0.15, -0.1) is 0 Å². The number of nitrogens with zero attached hydrogens (tertiary/aromatic N) is 2. The molecule has 2 nitrogen and oxygen atoms in total. The van der Waals surface area contributed by atoms with Crippen molar-refractivity contribution < 1.29 is 0 Å². The maximum atomic E-state index is 4.52. The molecule has 88 valence electrons. The SMILES string of the molecule is C[C@@H]1CCN(Cc2cccc3cccnc23)C1. The molecule has 1 saturated heterocycles. The Kier molecular flexibility index (Phi) is 2.81. The average Bonchev–Trinajstić information content (AvgIpc) is 2.75. The first-order valence-corrected chi connectivity index (χ1v) is 6.38. The number of aromatic nitrogens is 1. The van der Waals surface area contributed by atoms with E-state index < -0.39 is 0 Å². The lowest BCUT2D eigenvalue weighted by Gasteiger charge is -2.16. The fourth-order valence-corrected chi connectivity index (χ4v) is 2.71. The first kappa shape index (κ1) is 10.7. The third-order valence-corrected chi connectivity index (χ3v) is 3.62. The van der Waals surface area contributed by atoms with Gasteiger partial charge in [0, 0.05) is 24.7 Å². The van der Waals surface area contributed by atoms with E-state index in [4.69, 9.17) is 0 Å². The van der Waals surface area contributed by atoms with E-state index in [0.29, 0.717) is 0 Å². The van der Waals surface area contributed by atoms with Gasteiger partial charge in [0.25, 0.3) is 0 Å². The largest absolute Gasteiger partial charge is 0.299 e. The van der Waals surface area contributed by atoms with Crippen molar-refractivity contribution in [3.8, 4) is 0 Å². The van der Waals surface area contributed by atoms with Crippen LogP contribution in [0.4, 0.5) is 0 Å². The van der Waals surface area contributed by atoms with Gasteiger partial charge >= 0.3 is 0 Å². The molecule has 1 aromatic carbocycles. The lowest BCUT2D eigenvalue weighted by Crippen LogP contribution is -2.19. The number of para-hydroxylation sites is 1. The van der Waals surface area contributed by atoms with E-state index in [-0.39, 0.29) is 0 Å². The van der Waals surface area contributed by atoms with Gasteiger partial charge in [0.2, 0.25) is 0 Å². The van der Waals surface area contributed by atoms with Crippen molar-refractivity contribution in [2.24, 2.45) is 5.92 Å². The predicted molar refractivity (Wildman–Crippen MR) is 70.8 cm³/mol. The van der Waals surface area contributed by atoms with E-state index in [1.807, 2.05) is 12.3 Å². The van der Waals surface area contributed by atoms with Gasteiger partial charge in [0.1, 0.15) is 0 Å². The molecule has 1 fully saturated rings. The van der Waals surface area contributed by atoms with Crippen molar-refractivity contribution in [1.29, 1.82) is 0 Å². The van der Waals surface area contributed by atoms with Crippen molar-refractivity contribution in [3.63, 3.8) is 0 Å². The maximum Gasteiger partial charge on any atom is 0.0746 e. The summed E-state index contributed by atoms with van der Waals surface area (Å²) in [5.41, 5.74) is 2.52. The molecule has 2 aromatic rings. The minimum Gasteiger partial charge on any atom is -0.299 e. The average molecular weight is 226 g/mol. The summed E-state index contributed by atoms with van der Waals surface area (Å²) in [6.07, 6.45) is 3.22. The summed E-state index contributed by atoms with van der Waals surface area (Å²) in [6.45, 7) is 5.83. The zero-order valence-electron chi connectivity index (χ0n) is 10.3. The molecule has 0 unspecified atom stereocenters. The van der Waals surface area contributed by atoms with E-state index in [1.54, 1.807) is 0 Å². The summed E-state index contributed by atoms with van der Waals surface area (Å²) < 4.78 is 0. The Morgan fingerprint density at radius 2 is 2.18 bits per heavy atom. The highest BCUT2D eigenvalue weighted by atomic mass is 15.1. The fourth-order valence-electron chi connectivity index (χ4n) is 2.71. The second-order valence-electron chi connectivity index (χ2n) is 5.12. The van der Waals surface area contributed by atoms with Gasteiger partial charge in [0.15, 0.2) is 0 Å². The molecule has 0 saturated carbocycles. The Hall–Kier alpha value is -1.41. The summed E-state index contributed by atoms with van der Waals surface area (Å²) in [5, 5.41) is 1.25. The van der Waals surface area contributed by atoms with Gasteiger partial charge in [-0.05, 0) is 30.5 Å². The van der Waals surface area contributed by atoms with Crippen LogP contribution in [0.25, 0.3) is 10.9 Å². The standard InChI is InChI=1S/C15H18N2/c1-12-7-9-17(10-12)11-14-5-2-4-13-6-3-8-16-15(13)14/h2-6,8,12H,7,9-11H2,1H3/t12-/m1/s1.